The van der Waals surface area contributed by atoms with Gasteiger partial charge in [-0.3, -0.25) is 10.1 Å². The quantitative estimate of drug-likeness (QED) is 0.672. The van der Waals surface area contributed by atoms with Gasteiger partial charge in [-0.2, -0.15) is 0 Å². The molecule has 1 aromatic carbocycles. The van der Waals surface area contributed by atoms with Crippen molar-refractivity contribution in [3.63, 3.8) is 0 Å². The molecule has 0 unspecified atom stereocenters. The normalized spacial score (nSPS) is 10.0. The van der Waals surface area contributed by atoms with E-state index in [0.717, 1.165) is 0 Å². The number of methoxy groups -OCH3 is 2. The van der Waals surface area contributed by atoms with Gasteiger partial charge >= 0.3 is 0 Å². The van der Waals surface area contributed by atoms with E-state index >= 15 is 0 Å². The number of hydrogen-bond donors (Lipinski definition) is 1. The summed E-state index contributed by atoms with van der Waals surface area (Å²) >= 11 is 0. The van der Waals surface area contributed by atoms with Gasteiger partial charge in [0.2, 0.25) is 0 Å². The van der Waals surface area contributed by atoms with E-state index in [1.54, 1.807) is 25.2 Å². The van der Waals surface area contributed by atoms with Gasteiger partial charge in [-0.15, -0.1) is 0 Å². The van der Waals surface area contributed by atoms with Crippen LogP contribution >= 0.6 is 0 Å². The lowest BCUT2D eigenvalue weighted by atomic mass is 10.1. The first kappa shape index (κ1) is 14.6. The van der Waals surface area contributed by atoms with Crippen molar-refractivity contribution in [2.45, 2.75) is 0 Å². The smallest absolute Gasteiger partial charge is 0.275 e. The van der Waals surface area contributed by atoms with E-state index in [0.29, 0.717) is 28.6 Å². The number of rotatable bonds is 5. The highest BCUT2D eigenvalue weighted by atomic mass is 16.6. The van der Waals surface area contributed by atoms with Crippen LogP contribution in [0, 0.1) is 10.1 Å². The highest BCUT2D eigenvalue weighted by Gasteiger charge is 2.17. The molecule has 1 heterocycles. The minimum absolute atomic E-state index is 0.0470. The third kappa shape index (κ3) is 2.86. The lowest BCUT2D eigenvalue weighted by Crippen LogP contribution is -1.99. The molecule has 0 fully saturated rings. The van der Waals surface area contributed by atoms with Crippen LogP contribution in [0.5, 0.6) is 11.5 Å². The zero-order valence-corrected chi connectivity index (χ0v) is 11.9. The molecule has 0 aliphatic carbocycles. The van der Waals surface area contributed by atoms with Crippen LogP contribution in [0.25, 0.3) is 11.3 Å². The molecular weight excluding hydrogens is 274 g/mol. The zero-order chi connectivity index (χ0) is 15.4. The van der Waals surface area contributed by atoms with Crippen molar-refractivity contribution in [2.24, 2.45) is 0 Å². The second-order valence-corrected chi connectivity index (χ2v) is 4.14. The minimum Gasteiger partial charge on any atom is -0.493 e. The SMILES string of the molecule is CNc1cc([N+](=O)[O-])cc(-c2cccc(OC)c2OC)n1. The standard InChI is InChI=1S/C14H15N3O4/c1-15-13-8-9(17(18)19)7-11(16-13)10-5-4-6-12(20-2)14(10)21-3/h4-8H,1-3H3,(H,15,16). The molecule has 0 saturated carbocycles. The van der Waals surface area contributed by atoms with Crippen molar-refractivity contribution in [3.05, 3.63) is 40.4 Å². The molecule has 0 radical (unpaired) electrons. The first-order chi connectivity index (χ1) is 10.1. The van der Waals surface area contributed by atoms with Crippen LogP contribution in [-0.4, -0.2) is 31.2 Å². The van der Waals surface area contributed by atoms with E-state index < -0.39 is 4.92 Å². The molecule has 7 nitrogen and oxygen atoms in total. The van der Waals surface area contributed by atoms with Gasteiger partial charge in [0.15, 0.2) is 11.5 Å². The molecule has 7 heteroatoms. The largest absolute Gasteiger partial charge is 0.493 e. The molecule has 2 rings (SSSR count). The Bertz CT molecular complexity index is 673. The van der Waals surface area contributed by atoms with E-state index in [1.807, 2.05) is 0 Å². The number of aromatic nitrogens is 1. The molecule has 110 valence electrons. The Hall–Kier alpha value is -2.83. The van der Waals surface area contributed by atoms with Gasteiger partial charge in [0.25, 0.3) is 5.69 Å². The lowest BCUT2D eigenvalue weighted by molar-refractivity contribution is -0.384. The summed E-state index contributed by atoms with van der Waals surface area (Å²) in [6.45, 7) is 0. The maximum atomic E-state index is 11.0. The minimum atomic E-state index is -0.460. The number of hydrogen-bond acceptors (Lipinski definition) is 6. The number of ether oxygens (including phenoxy) is 2. The van der Waals surface area contributed by atoms with Crippen molar-refractivity contribution in [3.8, 4) is 22.8 Å². The average molecular weight is 289 g/mol. The second-order valence-electron chi connectivity index (χ2n) is 4.14. The summed E-state index contributed by atoms with van der Waals surface area (Å²) in [5.41, 5.74) is 1.01. The second kappa shape index (κ2) is 6.08. The van der Waals surface area contributed by atoms with E-state index in [4.69, 9.17) is 9.47 Å². The van der Waals surface area contributed by atoms with Crippen molar-refractivity contribution < 1.29 is 14.4 Å². The van der Waals surface area contributed by atoms with Crippen LogP contribution in [0.15, 0.2) is 30.3 Å². The molecule has 1 N–H and O–H groups in total. The van der Waals surface area contributed by atoms with Gasteiger partial charge in [-0.25, -0.2) is 4.98 Å². The summed E-state index contributed by atoms with van der Waals surface area (Å²) < 4.78 is 10.6. The number of nitro groups is 1. The molecule has 0 atom stereocenters. The third-order valence-electron chi connectivity index (χ3n) is 2.96. The summed E-state index contributed by atoms with van der Waals surface area (Å²) in [5, 5.41) is 13.8. The Labute approximate surface area is 121 Å². The van der Waals surface area contributed by atoms with Gasteiger partial charge in [-0.1, -0.05) is 6.07 Å². The summed E-state index contributed by atoms with van der Waals surface area (Å²) in [7, 11) is 4.69. The maximum absolute atomic E-state index is 11.0. The molecular formula is C14H15N3O4. The van der Waals surface area contributed by atoms with Gasteiger partial charge in [0.05, 0.1) is 30.9 Å². The monoisotopic (exact) mass is 289 g/mol. The van der Waals surface area contributed by atoms with Crippen LogP contribution in [-0.2, 0) is 0 Å². The van der Waals surface area contributed by atoms with Crippen molar-refractivity contribution >= 4 is 11.5 Å². The maximum Gasteiger partial charge on any atom is 0.275 e. The van der Waals surface area contributed by atoms with Crippen molar-refractivity contribution in [1.82, 2.24) is 4.98 Å². The zero-order valence-electron chi connectivity index (χ0n) is 11.9. The fourth-order valence-corrected chi connectivity index (χ4v) is 1.98. The number of nitrogens with zero attached hydrogens (tertiary/aromatic N) is 2. The lowest BCUT2D eigenvalue weighted by Gasteiger charge is -2.12. The van der Waals surface area contributed by atoms with Crippen molar-refractivity contribution in [2.75, 3.05) is 26.6 Å². The Morgan fingerprint density at radius 1 is 1.24 bits per heavy atom. The first-order valence-electron chi connectivity index (χ1n) is 6.16. The Balaban J connectivity index is 2.66. The molecule has 0 aliphatic heterocycles. The number of pyridine rings is 1. The fourth-order valence-electron chi connectivity index (χ4n) is 1.98. The molecule has 0 saturated heterocycles. The van der Waals surface area contributed by atoms with Crippen LogP contribution in [0.2, 0.25) is 0 Å². The van der Waals surface area contributed by atoms with E-state index in [1.165, 1.54) is 26.4 Å². The Morgan fingerprint density at radius 3 is 2.57 bits per heavy atom. The highest BCUT2D eigenvalue weighted by Crippen LogP contribution is 2.38. The predicted octanol–water partition coefficient (Wildman–Crippen LogP) is 2.72. The van der Waals surface area contributed by atoms with Crippen LogP contribution in [0.3, 0.4) is 0 Å². The van der Waals surface area contributed by atoms with Gasteiger partial charge in [0, 0.05) is 18.7 Å². The molecule has 0 amide bonds. The van der Waals surface area contributed by atoms with Crippen LogP contribution in [0.1, 0.15) is 0 Å². The Kier molecular flexibility index (Phi) is 4.22. The topological polar surface area (TPSA) is 86.5 Å². The average Bonchev–Trinajstić information content (AvgIpc) is 2.53. The summed E-state index contributed by atoms with van der Waals surface area (Å²) in [4.78, 5) is 14.9. The molecule has 1 aromatic heterocycles. The highest BCUT2D eigenvalue weighted by molar-refractivity contribution is 5.74. The Morgan fingerprint density at radius 2 is 2.00 bits per heavy atom. The van der Waals surface area contributed by atoms with E-state index in [2.05, 4.69) is 10.3 Å². The van der Waals surface area contributed by atoms with Crippen molar-refractivity contribution in [1.29, 1.82) is 0 Å². The molecule has 21 heavy (non-hydrogen) atoms. The molecule has 0 aliphatic rings. The summed E-state index contributed by atoms with van der Waals surface area (Å²) in [5.74, 6) is 1.42. The van der Waals surface area contributed by atoms with E-state index in [9.17, 15) is 10.1 Å². The number of benzene rings is 1. The van der Waals surface area contributed by atoms with Crippen LogP contribution < -0.4 is 14.8 Å². The number of nitrogens with one attached hydrogen (secondary N) is 1. The predicted molar refractivity (Wildman–Crippen MR) is 79.0 cm³/mol. The first-order valence-corrected chi connectivity index (χ1v) is 6.16. The molecule has 0 bridgehead atoms. The fraction of sp³-hybridized carbons (Fsp3) is 0.214. The summed E-state index contributed by atoms with van der Waals surface area (Å²) in [6.07, 6.45) is 0. The van der Waals surface area contributed by atoms with Crippen LogP contribution in [0.4, 0.5) is 11.5 Å². The van der Waals surface area contributed by atoms with E-state index in [-0.39, 0.29) is 5.69 Å². The van der Waals surface area contributed by atoms with Gasteiger partial charge < -0.3 is 14.8 Å². The molecule has 2 aromatic rings. The molecule has 0 spiro atoms. The van der Waals surface area contributed by atoms with Gasteiger partial charge in [0.1, 0.15) is 5.82 Å². The summed E-state index contributed by atoms with van der Waals surface area (Å²) in [6, 6.07) is 8.07. The third-order valence-corrected chi connectivity index (χ3v) is 2.96. The van der Waals surface area contributed by atoms with Gasteiger partial charge in [-0.05, 0) is 12.1 Å². The number of anilines is 1. The number of para-hydroxylation sites is 1.